The number of rotatable bonds is 2. The second-order valence-corrected chi connectivity index (χ2v) is 9.32. The maximum atomic E-state index is 14.6. The van der Waals surface area contributed by atoms with Gasteiger partial charge in [-0.15, -0.1) is 11.3 Å². The van der Waals surface area contributed by atoms with Crippen LogP contribution in [-0.4, -0.2) is 4.98 Å². The Labute approximate surface area is 179 Å². The summed E-state index contributed by atoms with van der Waals surface area (Å²) in [5.41, 5.74) is 6.59. The fraction of sp³-hybridized carbons (Fsp3) is 0.192. The summed E-state index contributed by atoms with van der Waals surface area (Å²) in [7, 11) is 0. The summed E-state index contributed by atoms with van der Waals surface area (Å²) in [5.74, 6) is 0.482. The number of anilines is 1. The molecule has 2 heterocycles. The third-order valence-electron chi connectivity index (χ3n) is 6.39. The Balaban J connectivity index is 1.43. The lowest BCUT2D eigenvalue weighted by atomic mass is 9.76. The van der Waals surface area contributed by atoms with Gasteiger partial charge >= 0.3 is 0 Å². The van der Waals surface area contributed by atoms with E-state index >= 15 is 0 Å². The van der Waals surface area contributed by atoms with Crippen LogP contribution in [-0.2, 0) is 0 Å². The molecule has 4 aromatic rings. The third-order valence-corrected chi connectivity index (χ3v) is 7.46. The molecule has 30 heavy (non-hydrogen) atoms. The minimum Gasteiger partial charge on any atom is -0.378 e. The molecular weight excluding hydrogens is 391 g/mol. The van der Waals surface area contributed by atoms with Gasteiger partial charge in [-0.1, -0.05) is 36.4 Å². The molecule has 0 unspecified atom stereocenters. The second kappa shape index (κ2) is 6.78. The summed E-state index contributed by atoms with van der Waals surface area (Å²) in [6.45, 7) is 2.11. The van der Waals surface area contributed by atoms with Crippen molar-refractivity contribution in [3.05, 3.63) is 95.3 Å². The number of nitrogens with zero attached hydrogens (tertiary/aromatic N) is 1. The van der Waals surface area contributed by atoms with Gasteiger partial charge in [-0.2, -0.15) is 0 Å². The van der Waals surface area contributed by atoms with Crippen LogP contribution in [0.3, 0.4) is 0 Å². The van der Waals surface area contributed by atoms with Crippen molar-refractivity contribution in [2.24, 2.45) is 5.92 Å². The van der Waals surface area contributed by atoms with E-state index in [-0.39, 0.29) is 11.9 Å². The van der Waals surface area contributed by atoms with Crippen LogP contribution in [0.25, 0.3) is 20.8 Å². The van der Waals surface area contributed by atoms with E-state index in [2.05, 4.69) is 60.8 Å². The van der Waals surface area contributed by atoms with Crippen molar-refractivity contribution in [1.29, 1.82) is 0 Å². The number of aryl methyl sites for hydroxylation is 1. The number of allylic oxidation sites excluding steroid dienone is 2. The van der Waals surface area contributed by atoms with Crippen molar-refractivity contribution >= 4 is 27.2 Å². The molecule has 0 spiro atoms. The van der Waals surface area contributed by atoms with E-state index in [1.807, 2.05) is 12.1 Å². The van der Waals surface area contributed by atoms with Gasteiger partial charge in [0.25, 0.3) is 0 Å². The van der Waals surface area contributed by atoms with Gasteiger partial charge in [-0.3, -0.25) is 0 Å². The first-order valence-electron chi connectivity index (χ1n) is 10.4. The maximum absolute atomic E-state index is 14.6. The number of halogens is 1. The van der Waals surface area contributed by atoms with Crippen molar-refractivity contribution in [2.45, 2.75) is 25.3 Å². The molecule has 1 aliphatic heterocycles. The van der Waals surface area contributed by atoms with Crippen molar-refractivity contribution in [3.8, 4) is 10.6 Å². The first kappa shape index (κ1) is 17.8. The van der Waals surface area contributed by atoms with Gasteiger partial charge < -0.3 is 5.32 Å². The topological polar surface area (TPSA) is 24.9 Å². The number of aromatic nitrogens is 1. The van der Waals surface area contributed by atoms with Crippen LogP contribution in [0.15, 0.2) is 72.8 Å². The number of hydrogen-bond donors (Lipinski definition) is 1. The fourth-order valence-electron chi connectivity index (χ4n) is 4.92. The van der Waals surface area contributed by atoms with Crippen LogP contribution in [0.1, 0.15) is 35.1 Å². The number of hydrogen-bond acceptors (Lipinski definition) is 3. The van der Waals surface area contributed by atoms with Crippen molar-refractivity contribution in [3.63, 3.8) is 0 Å². The Morgan fingerprint density at radius 2 is 1.93 bits per heavy atom. The molecule has 0 saturated carbocycles. The highest BCUT2D eigenvalue weighted by Crippen LogP contribution is 2.51. The first-order valence-corrected chi connectivity index (χ1v) is 11.2. The number of benzene rings is 3. The normalized spacial score (nSPS) is 22.0. The predicted octanol–water partition coefficient (Wildman–Crippen LogP) is 7.24. The Hall–Kier alpha value is -2.98. The Morgan fingerprint density at radius 1 is 1.03 bits per heavy atom. The maximum Gasteiger partial charge on any atom is 0.128 e. The van der Waals surface area contributed by atoms with Gasteiger partial charge in [0.05, 0.1) is 16.3 Å². The summed E-state index contributed by atoms with van der Waals surface area (Å²) in [4.78, 5) is 4.86. The minimum atomic E-state index is -0.134. The fourth-order valence-corrected chi connectivity index (χ4v) is 5.98. The number of thiazole rings is 1. The highest BCUT2D eigenvalue weighted by atomic mass is 32.1. The molecule has 2 nitrogen and oxygen atoms in total. The number of fused-ring (bicyclic) bond motifs is 4. The molecule has 0 radical (unpaired) electrons. The van der Waals surface area contributed by atoms with Gasteiger partial charge in [0, 0.05) is 22.7 Å². The lowest BCUT2D eigenvalue weighted by Gasteiger charge is -2.37. The molecule has 3 aromatic carbocycles. The predicted molar refractivity (Wildman–Crippen MR) is 123 cm³/mol. The molecule has 0 bridgehead atoms. The Kier molecular flexibility index (Phi) is 4.03. The summed E-state index contributed by atoms with van der Waals surface area (Å²) >= 11 is 1.74. The van der Waals surface area contributed by atoms with Gasteiger partial charge in [-0.05, 0) is 66.8 Å². The molecular formula is C26H21FN2S. The Bertz CT molecular complexity index is 1310. The second-order valence-electron chi connectivity index (χ2n) is 8.29. The van der Waals surface area contributed by atoms with E-state index in [0.29, 0.717) is 11.8 Å². The van der Waals surface area contributed by atoms with Crippen LogP contribution in [0.5, 0.6) is 0 Å². The summed E-state index contributed by atoms with van der Waals surface area (Å²) in [6.07, 6.45) is 5.50. The average Bonchev–Trinajstić information content (AvgIpc) is 3.40. The van der Waals surface area contributed by atoms with Gasteiger partial charge in [-0.25, -0.2) is 9.37 Å². The van der Waals surface area contributed by atoms with Gasteiger partial charge in [0.15, 0.2) is 0 Å². The van der Waals surface area contributed by atoms with Crippen molar-refractivity contribution in [2.75, 3.05) is 5.32 Å². The molecule has 1 N–H and O–H groups in total. The van der Waals surface area contributed by atoms with Crippen LogP contribution in [0.2, 0.25) is 0 Å². The van der Waals surface area contributed by atoms with Crippen molar-refractivity contribution in [1.82, 2.24) is 4.98 Å². The van der Waals surface area contributed by atoms with E-state index in [0.717, 1.165) is 33.8 Å². The van der Waals surface area contributed by atoms with E-state index in [9.17, 15) is 4.39 Å². The largest absolute Gasteiger partial charge is 0.378 e. The van der Waals surface area contributed by atoms with Crippen LogP contribution < -0.4 is 5.32 Å². The minimum absolute atomic E-state index is 0.0185. The first-order chi connectivity index (χ1) is 14.7. The van der Waals surface area contributed by atoms with Gasteiger partial charge in [0.1, 0.15) is 10.8 Å². The summed E-state index contributed by atoms with van der Waals surface area (Å²) < 4.78 is 15.8. The molecule has 0 fully saturated rings. The lowest BCUT2D eigenvalue weighted by molar-refractivity contribution is 0.413. The van der Waals surface area contributed by atoms with Crippen LogP contribution in [0, 0.1) is 18.7 Å². The summed E-state index contributed by atoms with van der Waals surface area (Å²) in [6, 6.07) is 20.1. The SMILES string of the molecule is Cc1ccc2nc(-c3ccc4c(c3)[C@@H]3C=CC[C@@H]3[C@H](c3ccccc3F)N4)sc2c1. The Morgan fingerprint density at radius 3 is 2.83 bits per heavy atom. The zero-order chi connectivity index (χ0) is 20.2. The monoisotopic (exact) mass is 412 g/mol. The standard InChI is InChI=1S/C26H21FN2S/c1-15-9-11-23-24(13-15)30-26(29-23)16-10-12-22-20(14-16)17-6-4-7-18(17)25(28-22)19-5-2-3-8-21(19)27/h2-6,8-14,17-18,25,28H,7H2,1H3/t17-,18+,25-/m1/s1. The molecule has 2 aliphatic rings. The van der Waals surface area contributed by atoms with E-state index in [1.54, 1.807) is 23.5 Å². The molecule has 1 aromatic heterocycles. The highest BCUT2D eigenvalue weighted by Gasteiger charge is 2.38. The molecule has 6 rings (SSSR count). The molecule has 4 heteroatoms. The van der Waals surface area contributed by atoms with E-state index in [1.165, 1.54) is 15.8 Å². The van der Waals surface area contributed by atoms with E-state index in [4.69, 9.17) is 4.98 Å². The third kappa shape index (κ3) is 2.78. The van der Waals surface area contributed by atoms with Crippen molar-refractivity contribution < 1.29 is 4.39 Å². The van der Waals surface area contributed by atoms with Crippen LogP contribution in [0.4, 0.5) is 10.1 Å². The summed E-state index contributed by atoms with van der Waals surface area (Å²) in [5, 5.41) is 4.69. The van der Waals surface area contributed by atoms with Gasteiger partial charge in [0.2, 0.25) is 0 Å². The quantitative estimate of drug-likeness (QED) is 0.351. The molecule has 148 valence electrons. The molecule has 3 atom stereocenters. The van der Waals surface area contributed by atoms with E-state index < -0.39 is 0 Å². The zero-order valence-corrected chi connectivity index (χ0v) is 17.4. The smallest absolute Gasteiger partial charge is 0.128 e. The highest BCUT2D eigenvalue weighted by molar-refractivity contribution is 7.21. The number of nitrogens with one attached hydrogen (secondary N) is 1. The molecule has 0 saturated heterocycles. The molecule has 1 aliphatic carbocycles. The lowest BCUT2D eigenvalue weighted by Crippen LogP contribution is -2.29. The molecule has 0 amide bonds. The van der Waals surface area contributed by atoms with Crippen LogP contribution >= 0.6 is 11.3 Å². The average molecular weight is 413 g/mol. The zero-order valence-electron chi connectivity index (χ0n) is 16.6.